The second-order valence-corrected chi connectivity index (χ2v) is 6.32. The highest BCUT2D eigenvalue weighted by atomic mass is 79.9. The summed E-state index contributed by atoms with van der Waals surface area (Å²) in [5, 5.41) is 3.65. The van der Waals surface area contributed by atoms with E-state index in [1.165, 1.54) is 34.9 Å². The lowest BCUT2D eigenvalue weighted by Gasteiger charge is -2.28. The van der Waals surface area contributed by atoms with Gasteiger partial charge in [-0.25, -0.2) is 0 Å². The molecule has 1 heterocycles. The Balaban J connectivity index is 2.11. The first-order valence-corrected chi connectivity index (χ1v) is 8.07. The second kappa shape index (κ2) is 7.41. The van der Waals surface area contributed by atoms with Gasteiger partial charge < -0.3 is 10.1 Å². The van der Waals surface area contributed by atoms with Crippen LogP contribution in [0.3, 0.4) is 0 Å². The number of nitrogens with one attached hydrogen (secondary N) is 1. The van der Waals surface area contributed by atoms with Gasteiger partial charge in [0.15, 0.2) is 0 Å². The van der Waals surface area contributed by atoms with E-state index in [0.29, 0.717) is 6.04 Å². The summed E-state index contributed by atoms with van der Waals surface area (Å²) in [5.41, 5.74) is 2.81. The lowest BCUT2D eigenvalue weighted by Crippen LogP contribution is -2.26. The molecule has 19 heavy (non-hydrogen) atoms. The third-order valence-corrected chi connectivity index (χ3v) is 4.47. The van der Waals surface area contributed by atoms with Gasteiger partial charge >= 0.3 is 0 Å². The van der Waals surface area contributed by atoms with Crippen LogP contribution in [-0.2, 0) is 4.74 Å². The van der Waals surface area contributed by atoms with Crippen LogP contribution in [0.4, 0.5) is 0 Å². The maximum Gasteiger partial charge on any atom is 0.0468 e. The third-order valence-electron chi connectivity index (χ3n) is 3.98. The number of ether oxygens (including phenoxy) is 1. The second-order valence-electron chi connectivity index (χ2n) is 5.40. The van der Waals surface area contributed by atoms with Crippen molar-refractivity contribution in [2.45, 2.75) is 39.2 Å². The molecule has 2 nitrogen and oxygen atoms in total. The Kier molecular flexibility index (Phi) is 5.86. The summed E-state index contributed by atoms with van der Waals surface area (Å²) >= 11 is 3.59. The van der Waals surface area contributed by atoms with Gasteiger partial charge in [0, 0.05) is 23.7 Å². The molecule has 2 rings (SSSR count). The van der Waals surface area contributed by atoms with Gasteiger partial charge in [-0.3, -0.25) is 0 Å². The number of benzene rings is 1. The summed E-state index contributed by atoms with van der Waals surface area (Å²) in [4.78, 5) is 0. The van der Waals surface area contributed by atoms with E-state index in [0.717, 1.165) is 25.7 Å². The van der Waals surface area contributed by atoms with E-state index in [1.807, 2.05) is 0 Å². The summed E-state index contributed by atoms with van der Waals surface area (Å²) in [6, 6.07) is 7.05. The topological polar surface area (TPSA) is 21.3 Å². The SMILES string of the molecule is CCNC(CC1CCOCC1)c1cc(Br)ccc1C. The molecule has 1 unspecified atom stereocenters. The molecule has 0 aromatic heterocycles. The van der Waals surface area contributed by atoms with Crippen molar-refractivity contribution >= 4 is 15.9 Å². The summed E-state index contributed by atoms with van der Waals surface area (Å²) in [6.07, 6.45) is 3.62. The summed E-state index contributed by atoms with van der Waals surface area (Å²) in [6.45, 7) is 7.27. The molecule has 0 aliphatic carbocycles. The van der Waals surface area contributed by atoms with E-state index < -0.39 is 0 Å². The van der Waals surface area contributed by atoms with Gasteiger partial charge in [-0.1, -0.05) is 28.9 Å². The monoisotopic (exact) mass is 325 g/mol. The first-order valence-electron chi connectivity index (χ1n) is 7.28. The third kappa shape index (κ3) is 4.30. The molecule has 3 heteroatoms. The highest BCUT2D eigenvalue weighted by Crippen LogP contribution is 2.30. The van der Waals surface area contributed by atoms with E-state index in [1.54, 1.807) is 0 Å². The fourth-order valence-electron chi connectivity index (χ4n) is 2.87. The van der Waals surface area contributed by atoms with Crippen LogP contribution in [0.2, 0.25) is 0 Å². The molecular weight excluding hydrogens is 302 g/mol. The highest BCUT2D eigenvalue weighted by Gasteiger charge is 2.21. The summed E-state index contributed by atoms with van der Waals surface area (Å²) < 4.78 is 6.63. The molecule has 0 radical (unpaired) electrons. The minimum atomic E-state index is 0.464. The molecule has 1 saturated heterocycles. The van der Waals surface area contributed by atoms with Crippen molar-refractivity contribution in [3.8, 4) is 0 Å². The van der Waals surface area contributed by atoms with Crippen molar-refractivity contribution < 1.29 is 4.74 Å². The molecular formula is C16H24BrNO. The molecule has 1 N–H and O–H groups in total. The molecule has 1 aliphatic heterocycles. The minimum absolute atomic E-state index is 0.464. The van der Waals surface area contributed by atoms with Crippen molar-refractivity contribution in [2.24, 2.45) is 5.92 Å². The highest BCUT2D eigenvalue weighted by molar-refractivity contribution is 9.10. The zero-order chi connectivity index (χ0) is 13.7. The van der Waals surface area contributed by atoms with E-state index in [-0.39, 0.29) is 0 Å². The van der Waals surface area contributed by atoms with Crippen LogP contribution in [0.5, 0.6) is 0 Å². The van der Waals surface area contributed by atoms with Crippen LogP contribution in [0.1, 0.15) is 43.4 Å². The average Bonchev–Trinajstić information content (AvgIpc) is 2.42. The Morgan fingerprint density at radius 3 is 2.79 bits per heavy atom. The van der Waals surface area contributed by atoms with Gasteiger partial charge in [-0.2, -0.15) is 0 Å². The normalized spacial score (nSPS) is 18.5. The van der Waals surface area contributed by atoms with E-state index in [2.05, 4.69) is 53.3 Å². The van der Waals surface area contributed by atoms with Gasteiger partial charge in [0.1, 0.15) is 0 Å². The Bertz CT molecular complexity index is 402. The van der Waals surface area contributed by atoms with E-state index in [9.17, 15) is 0 Å². The predicted molar refractivity (Wildman–Crippen MR) is 83.5 cm³/mol. The maximum absolute atomic E-state index is 5.46. The van der Waals surface area contributed by atoms with E-state index in [4.69, 9.17) is 4.74 Å². The zero-order valence-corrected chi connectivity index (χ0v) is 13.5. The number of rotatable bonds is 5. The van der Waals surface area contributed by atoms with Crippen LogP contribution in [-0.4, -0.2) is 19.8 Å². The Hall–Kier alpha value is -0.380. The fourth-order valence-corrected chi connectivity index (χ4v) is 3.25. The maximum atomic E-state index is 5.46. The van der Waals surface area contributed by atoms with Crippen molar-refractivity contribution in [2.75, 3.05) is 19.8 Å². The average molecular weight is 326 g/mol. The van der Waals surface area contributed by atoms with Crippen LogP contribution < -0.4 is 5.32 Å². The lowest BCUT2D eigenvalue weighted by molar-refractivity contribution is 0.0605. The number of halogens is 1. The predicted octanol–water partition coefficient (Wildman–Crippen LogP) is 4.22. The molecule has 1 aromatic carbocycles. The van der Waals surface area contributed by atoms with Gasteiger partial charge in [0.05, 0.1) is 0 Å². The first kappa shape index (κ1) is 15.0. The summed E-state index contributed by atoms with van der Waals surface area (Å²) in [7, 11) is 0. The number of hydrogen-bond donors (Lipinski definition) is 1. The van der Waals surface area contributed by atoms with Crippen molar-refractivity contribution in [1.82, 2.24) is 5.32 Å². The van der Waals surface area contributed by atoms with Crippen molar-refractivity contribution in [1.29, 1.82) is 0 Å². The minimum Gasteiger partial charge on any atom is -0.381 e. The number of aryl methyl sites for hydroxylation is 1. The van der Waals surface area contributed by atoms with Gasteiger partial charge in [-0.15, -0.1) is 0 Å². The van der Waals surface area contributed by atoms with Gasteiger partial charge in [0.25, 0.3) is 0 Å². The molecule has 1 fully saturated rings. The van der Waals surface area contributed by atoms with Crippen LogP contribution >= 0.6 is 15.9 Å². The Morgan fingerprint density at radius 1 is 1.37 bits per heavy atom. The molecule has 1 atom stereocenters. The Labute approximate surface area is 125 Å². The molecule has 1 aliphatic rings. The quantitative estimate of drug-likeness (QED) is 0.874. The van der Waals surface area contributed by atoms with Gasteiger partial charge in [-0.05, 0) is 61.9 Å². The van der Waals surface area contributed by atoms with Crippen LogP contribution in [0.25, 0.3) is 0 Å². The van der Waals surface area contributed by atoms with Gasteiger partial charge in [0.2, 0.25) is 0 Å². The fraction of sp³-hybridized carbons (Fsp3) is 0.625. The first-order chi connectivity index (χ1) is 9.20. The molecule has 0 saturated carbocycles. The smallest absolute Gasteiger partial charge is 0.0468 e. The number of hydrogen-bond acceptors (Lipinski definition) is 2. The zero-order valence-electron chi connectivity index (χ0n) is 11.9. The van der Waals surface area contributed by atoms with Crippen molar-refractivity contribution in [3.05, 3.63) is 33.8 Å². The van der Waals surface area contributed by atoms with Crippen molar-refractivity contribution in [3.63, 3.8) is 0 Å². The molecule has 0 spiro atoms. The summed E-state index contributed by atoms with van der Waals surface area (Å²) in [5.74, 6) is 0.788. The van der Waals surface area contributed by atoms with Crippen LogP contribution in [0, 0.1) is 12.8 Å². The standard InChI is InChI=1S/C16H24BrNO/c1-3-18-16(10-13-6-8-19-9-7-13)15-11-14(17)5-4-12(15)2/h4-5,11,13,16,18H,3,6-10H2,1-2H3. The Morgan fingerprint density at radius 2 is 2.11 bits per heavy atom. The van der Waals surface area contributed by atoms with Crippen LogP contribution in [0.15, 0.2) is 22.7 Å². The molecule has 1 aromatic rings. The molecule has 106 valence electrons. The largest absolute Gasteiger partial charge is 0.381 e. The van der Waals surface area contributed by atoms with E-state index >= 15 is 0 Å². The lowest BCUT2D eigenvalue weighted by atomic mass is 9.88. The molecule has 0 bridgehead atoms. The molecule has 0 amide bonds.